The Kier molecular flexibility index (Phi) is 6.57. The van der Waals surface area contributed by atoms with Crippen LogP contribution in [-0.4, -0.2) is 30.5 Å². The molecule has 0 saturated heterocycles. The van der Waals surface area contributed by atoms with E-state index in [1.54, 1.807) is 43.4 Å². The molecule has 1 aromatic heterocycles. The molecule has 0 radical (unpaired) electrons. The molecule has 1 heterocycles. The number of ketones is 1. The van der Waals surface area contributed by atoms with E-state index in [1.807, 2.05) is 25.1 Å². The number of benzene rings is 3. The first kappa shape index (κ1) is 24.7. The van der Waals surface area contributed by atoms with Gasteiger partial charge in [-0.1, -0.05) is 35.4 Å². The lowest BCUT2D eigenvalue weighted by atomic mass is 9.81. The lowest BCUT2D eigenvalue weighted by molar-refractivity contribution is -0.447. The molecule has 0 unspecified atom stereocenters. The summed E-state index contributed by atoms with van der Waals surface area (Å²) >= 11 is 0.941. The highest BCUT2D eigenvalue weighted by molar-refractivity contribution is 7.94. The van der Waals surface area contributed by atoms with Crippen LogP contribution in [0.15, 0.2) is 64.3 Å². The fraction of sp³-hybridized carbons (Fsp3) is 0.148. The van der Waals surface area contributed by atoms with Crippen molar-refractivity contribution in [2.24, 2.45) is 7.05 Å². The van der Waals surface area contributed by atoms with Crippen LogP contribution in [0, 0.1) is 6.92 Å². The number of carbonyl (C=O) groups excluding carboxylic acids is 2. The number of rotatable bonds is 7. The van der Waals surface area contributed by atoms with Gasteiger partial charge in [-0.2, -0.15) is 0 Å². The normalized spacial score (nSPS) is 11.9. The van der Waals surface area contributed by atoms with Crippen molar-refractivity contribution < 1.29 is 28.6 Å². The van der Waals surface area contributed by atoms with Crippen molar-refractivity contribution in [3.8, 4) is 11.1 Å². The van der Waals surface area contributed by atoms with Crippen molar-refractivity contribution in [1.29, 1.82) is 0 Å². The van der Waals surface area contributed by atoms with Crippen LogP contribution < -0.4 is 10.9 Å². The predicted molar refractivity (Wildman–Crippen MR) is 139 cm³/mol. The number of carbonyl (C=O) groups is 2. The third-order valence-corrected chi connectivity index (χ3v) is 6.89. The van der Waals surface area contributed by atoms with Gasteiger partial charge in [0.1, 0.15) is 5.56 Å². The number of anilines is 2. The molecule has 0 bridgehead atoms. The highest BCUT2D eigenvalue weighted by atomic mass is 32.2. The smallest absolute Gasteiger partial charge is 0.344 e. The topological polar surface area (TPSA) is 105 Å². The summed E-state index contributed by atoms with van der Waals surface area (Å²) in [5.74, 6) is -0.996. The van der Waals surface area contributed by atoms with Crippen LogP contribution >= 0.6 is 12.0 Å². The molecule has 3 aromatic carbocycles. The second-order valence-corrected chi connectivity index (χ2v) is 9.12. The SMILES string of the molecule is COOOSc1cc(C)ccc1Nc1ccc2c3c1C(=O)c1ccccc1-c3c(C(=O)OC)c(=O)n2C. The summed E-state index contributed by atoms with van der Waals surface area (Å²) in [5.41, 5.74) is 3.66. The lowest BCUT2D eigenvalue weighted by Gasteiger charge is -2.25. The van der Waals surface area contributed by atoms with Crippen molar-refractivity contribution in [1.82, 2.24) is 4.57 Å². The van der Waals surface area contributed by atoms with E-state index in [0.717, 1.165) is 17.6 Å². The molecule has 1 aliphatic rings. The molecule has 0 spiro atoms. The minimum absolute atomic E-state index is 0.118. The van der Waals surface area contributed by atoms with Gasteiger partial charge in [-0.05, 0) is 42.3 Å². The van der Waals surface area contributed by atoms with Crippen molar-refractivity contribution in [2.75, 3.05) is 19.5 Å². The predicted octanol–water partition coefficient (Wildman–Crippen LogP) is 5.11. The van der Waals surface area contributed by atoms with Crippen LogP contribution in [0.1, 0.15) is 31.8 Å². The minimum atomic E-state index is -0.765. The Labute approximate surface area is 216 Å². The summed E-state index contributed by atoms with van der Waals surface area (Å²) in [7, 11) is 4.12. The van der Waals surface area contributed by atoms with E-state index >= 15 is 0 Å². The quantitative estimate of drug-likeness (QED) is 0.103. The Hall–Kier alpha value is -3.96. The summed E-state index contributed by atoms with van der Waals surface area (Å²) in [6.07, 6.45) is 0. The number of pyridine rings is 1. The number of hydrogen-bond donors (Lipinski definition) is 1. The van der Waals surface area contributed by atoms with Gasteiger partial charge in [0.05, 0.1) is 53.6 Å². The van der Waals surface area contributed by atoms with Crippen molar-refractivity contribution in [3.05, 3.63) is 87.2 Å². The molecule has 4 aromatic rings. The van der Waals surface area contributed by atoms with Crippen molar-refractivity contribution >= 4 is 46.1 Å². The Bertz CT molecular complexity index is 1640. The lowest BCUT2D eigenvalue weighted by Crippen LogP contribution is -2.29. The highest BCUT2D eigenvalue weighted by Crippen LogP contribution is 2.44. The van der Waals surface area contributed by atoms with E-state index in [2.05, 4.69) is 15.2 Å². The van der Waals surface area contributed by atoms with E-state index in [1.165, 1.54) is 18.8 Å². The third-order valence-electron chi connectivity index (χ3n) is 6.25. The molecule has 0 fully saturated rings. The van der Waals surface area contributed by atoms with Gasteiger partial charge < -0.3 is 14.6 Å². The summed E-state index contributed by atoms with van der Waals surface area (Å²) in [4.78, 5) is 45.2. The standard InChI is InChI=1S/C27H22N2O7S/c1-14-9-10-17(20(13-14)37-36-35-34-4)28-18-11-12-19-23-21(24(27(32)33-3)26(31)29(19)2)15-7-5-6-8-16(15)25(30)22(18)23/h5-13,28H,1-4H3. The second kappa shape index (κ2) is 9.83. The molecule has 10 heteroatoms. The Morgan fingerprint density at radius 1 is 0.946 bits per heavy atom. The van der Waals surface area contributed by atoms with Gasteiger partial charge in [-0.15, -0.1) is 4.33 Å². The number of fused-ring (bicyclic) bond motifs is 2. The summed E-state index contributed by atoms with van der Waals surface area (Å²) < 4.78 is 11.3. The zero-order chi connectivity index (χ0) is 26.3. The maximum Gasteiger partial charge on any atom is 0.344 e. The van der Waals surface area contributed by atoms with Gasteiger partial charge >= 0.3 is 5.97 Å². The molecular weight excluding hydrogens is 496 g/mol. The molecule has 0 aliphatic heterocycles. The maximum absolute atomic E-state index is 13.9. The molecule has 0 saturated carbocycles. The molecular formula is C27H22N2O7S. The molecule has 5 rings (SSSR count). The largest absolute Gasteiger partial charge is 0.465 e. The van der Waals surface area contributed by atoms with Crippen LogP contribution in [0.3, 0.4) is 0 Å². The van der Waals surface area contributed by atoms with E-state index in [-0.39, 0.29) is 11.3 Å². The Balaban J connectivity index is 1.79. The molecule has 0 amide bonds. The van der Waals surface area contributed by atoms with Crippen LogP contribution in [-0.2, 0) is 26.0 Å². The van der Waals surface area contributed by atoms with E-state index in [9.17, 15) is 14.4 Å². The number of aryl methyl sites for hydroxylation is 2. The highest BCUT2D eigenvalue weighted by Gasteiger charge is 2.34. The molecule has 0 atom stereocenters. The third kappa shape index (κ3) is 4.09. The van der Waals surface area contributed by atoms with Crippen LogP contribution in [0.2, 0.25) is 0 Å². The van der Waals surface area contributed by atoms with Crippen LogP contribution in [0.25, 0.3) is 22.0 Å². The Morgan fingerprint density at radius 3 is 2.41 bits per heavy atom. The van der Waals surface area contributed by atoms with E-state index < -0.39 is 11.5 Å². The van der Waals surface area contributed by atoms with Gasteiger partial charge in [0.2, 0.25) is 0 Å². The summed E-state index contributed by atoms with van der Waals surface area (Å²) in [6.45, 7) is 1.94. The fourth-order valence-electron chi connectivity index (χ4n) is 4.59. The number of esters is 1. The number of hydrogen-bond acceptors (Lipinski definition) is 9. The minimum Gasteiger partial charge on any atom is -0.465 e. The van der Waals surface area contributed by atoms with Crippen molar-refractivity contribution in [3.63, 3.8) is 0 Å². The summed E-state index contributed by atoms with van der Waals surface area (Å²) in [5, 5.41) is 8.37. The molecule has 1 N–H and O–H groups in total. The van der Waals surface area contributed by atoms with Crippen LogP contribution in [0.5, 0.6) is 0 Å². The molecule has 1 aliphatic carbocycles. The molecule has 188 valence electrons. The number of nitrogens with zero attached hydrogens (tertiary/aromatic N) is 1. The number of ether oxygens (including phenoxy) is 1. The first-order valence-corrected chi connectivity index (χ1v) is 11.9. The van der Waals surface area contributed by atoms with E-state index in [4.69, 9.17) is 9.07 Å². The maximum atomic E-state index is 13.9. The number of aromatic nitrogens is 1. The average molecular weight is 519 g/mol. The zero-order valence-electron chi connectivity index (χ0n) is 20.4. The van der Waals surface area contributed by atoms with Gasteiger partial charge in [-0.25, -0.2) is 9.68 Å². The molecule has 37 heavy (non-hydrogen) atoms. The fourth-order valence-corrected chi connectivity index (χ4v) is 5.19. The van der Waals surface area contributed by atoms with Gasteiger partial charge in [-0.3, -0.25) is 9.59 Å². The zero-order valence-corrected chi connectivity index (χ0v) is 21.2. The average Bonchev–Trinajstić information content (AvgIpc) is 2.90. The van der Waals surface area contributed by atoms with Gasteiger partial charge in [0.25, 0.3) is 5.56 Å². The van der Waals surface area contributed by atoms with Gasteiger partial charge in [0.15, 0.2) is 5.78 Å². The van der Waals surface area contributed by atoms with Crippen LogP contribution in [0.4, 0.5) is 11.4 Å². The first-order chi connectivity index (χ1) is 17.9. The first-order valence-electron chi connectivity index (χ1n) is 11.2. The summed E-state index contributed by atoms with van der Waals surface area (Å²) in [6, 6.07) is 16.1. The monoisotopic (exact) mass is 518 g/mol. The number of nitrogens with one attached hydrogen (secondary N) is 1. The van der Waals surface area contributed by atoms with Gasteiger partial charge in [0, 0.05) is 23.6 Å². The second-order valence-electron chi connectivity index (χ2n) is 8.37. The Morgan fingerprint density at radius 2 is 1.68 bits per heavy atom. The van der Waals surface area contributed by atoms with Crippen molar-refractivity contribution in [2.45, 2.75) is 11.8 Å². The number of methoxy groups -OCH3 is 1. The van der Waals surface area contributed by atoms with E-state index in [0.29, 0.717) is 49.4 Å². The molecule has 9 nitrogen and oxygen atoms in total.